The van der Waals surface area contributed by atoms with Gasteiger partial charge in [-0.2, -0.15) is 4.68 Å². The minimum Gasteiger partial charge on any atom is -0.398 e. The number of nitrogens with zero attached hydrogens (tertiary/aromatic N) is 4. The van der Waals surface area contributed by atoms with Crippen LogP contribution in [0.15, 0.2) is 36.4 Å². The fourth-order valence-electron chi connectivity index (χ4n) is 1.84. The van der Waals surface area contributed by atoms with Crippen LogP contribution in [0.3, 0.4) is 0 Å². The van der Waals surface area contributed by atoms with Crippen LogP contribution in [0.5, 0.6) is 0 Å². The minimum absolute atomic E-state index is 0.0316. The highest BCUT2D eigenvalue weighted by Gasteiger charge is 2.13. The first-order chi connectivity index (χ1) is 10.1. The van der Waals surface area contributed by atoms with Gasteiger partial charge in [0.2, 0.25) is 0 Å². The molecule has 0 bridgehead atoms. The van der Waals surface area contributed by atoms with Crippen LogP contribution in [0, 0.1) is 5.82 Å². The monoisotopic (exact) mass is 323 g/mol. The first kappa shape index (κ1) is 13.8. The minimum atomic E-state index is -0.550. The Labute approximate surface area is 129 Å². The van der Waals surface area contributed by atoms with Crippen molar-refractivity contribution in [1.29, 1.82) is 0 Å². The van der Waals surface area contributed by atoms with Crippen molar-refractivity contribution in [3.8, 4) is 17.1 Å². The van der Waals surface area contributed by atoms with Crippen LogP contribution in [0.4, 0.5) is 10.1 Å². The molecule has 21 heavy (non-hydrogen) atoms. The van der Waals surface area contributed by atoms with Gasteiger partial charge in [0.1, 0.15) is 5.82 Å². The molecule has 0 aliphatic rings. The molecule has 2 aromatic carbocycles. The first-order valence-electron chi connectivity index (χ1n) is 5.85. The highest BCUT2D eigenvalue weighted by Crippen LogP contribution is 2.27. The maximum absolute atomic E-state index is 13.6. The Morgan fingerprint density at radius 1 is 1.05 bits per heavy atom. The third kappa shape index (κ3) is 2.55. The van der Waals surface area contributed by atoms with Crippen molar-refractivity contribution >= 4 is 28.9 Å². The molecular formula is C13H8Cl2FN5. The number of hydrogen-bond donors (Lipinski definition) is 1. The molecule has 1 aromatic heterocycles. The summed E-state index contributed by atoms with van der Waals surface area (Å²) in [6.07, 6.45) is 0. The summed E-state index contributed by atoms with van der Waals surface area (Å²) in [6.45, 7) is 0. The summed E-state index contributed by atoms with van der Waals surface area (Å²) in [6, 6.07) is 9.33. The van der Waals surface area contributed by atoms with E-state index in [1.165, 1.54) is 16.8 Å². The van der Waals surface area contributed by atoms with E-state index < -0.39 is 5.82 Å². The summed E-state index contributed by atoms with van der Waals surface area (Å²) in [5.74, 6) is -0.133. The fourth-order valence-corrected chi connectivity index (χ4v) is 2.08. The fraction of sp³-hybridized carbons (Fsp3) is 0. The molecule has 0 aliphatic carbocycles. The highest BCUT2D eigenvalue weighted by atomic mass is 35.5. The van der Waals surface area contributed by atoms with Gasteiger partial charge in [0.15, 0.2) is 5.82 Å². The number of nitrogens with two attached hydrogens (primary N) is 1. The molecule has 0 saturated heterocycles. The predicted octanol–water partition coefficient (Wildman–Crippen LogP) is 3.36. The molecule has 2 N–H and O–H groups in total. The van der Waals surface area contributed by atoms with E-state index in [1.54, 1.807) is 24.3 Å². The molecule has 0 aliphatic heterocycles. The number of benzene rings is 2. The summed E-state index contributed by atoms with van der Waals surface area (Å²) in [5, 5.41) is 11.9. The number of aromatic nitrogens is 4. The van der Waals surface area contributed by atoms with Crippen LogP contribution in [-0.2, 0) is 0 Å². The van der Waals surface area contributed by atoms with Gasteiger partial charge in [-0.1, -0.05) is 23.2 Å². The van der Waals surface area contributed by atoms with Gasteiger partial charge < -0.3 is 5.73 Å². The number of nitrogen functional groups attached to an aromatic ring is 1. The standard InChI is InChI=1S/C13H8Cl2FN5/c14-9-4-2-8(6-11(9)16)21-13(18-19-20-21)7-1-3-10(15)12(17)5-7/h1-6H,17H2. The van der Waals surface area contributed by atoms with Crippen molar-refractivity contribution in [2.45, 2.75) is 0 Å². The number of rotatable bonds is 2. The lowest BCUT2D eigenvalue weighted by atomic mass is 10.2. The van der Waals surface area contributed by atoms with Gasteiger partial charge in [0.25, 0.3) is 0 Å². The van der Waals surface area contributed by atoms with Gasteiger partial charge in [0, 0.05) is 11.6 Å². The highest BCUT2D eigenvalue weighted by molar-refractivity contribution is 6.33. The van der Waals surface area contributed by atoms with Crippen molar-refractivity contribution in [2.24, 2.45) is 0 Å². The van der Waals surface area contributed by atoms with Crippen molar-refractivity contribution in [3.05, 3.63) is 52.3 Å². The molecule has 0 radical (unpaired) electrons. The molecule has 0 amide bonds. The lowest BCUT2D eigenvalue weighted by molar-refractivity contribution is 0.625. The molecule has 0 saturated carbocycles. The zero-order chi connectivity index (χ0) is 15.0. The van der Waals surface area contributed by atoms with Crippen LogP contribution in [0.1, 0.15) is 0 Å². The molecule has 1 heterocycles. The van der Waals surface area contributed by atoms with Gasteiger partial charge in [0.05, 0.1) is 21.4 Å². The Bertz CT molecular complexity index is 752. The molecule has 0 fully saturated rings. The van der Waals surface area contributed by atoms with Gasteiger partial charge in [-0.25, -0.2) is 4.39 Å². The molecule has 5 nitrogen and oxygen atoms in total. The van der Waals surface area contributed by atoms with Gasteiger partial charge in [-0.3, -0.25) is 0 Å². The summed E-state index contributed by atoms with van der Waals surface area (Å²) in [5.41, 5.74) is 7.29. The first-order valence-corrected chi connectivity index (χ1v) is 6.61. The number of hydrogen-bond acceptors (Lipinski definition) is 4. The molecule has 0 unspecified atom stereocenters. The largest absolute Gasteiger partial charge is 0.398 e. The van der Waals surface area contributed by atoms with Gasteiger partial charge in [-0.05, 0) is 40.8 Å². The van der Waals surface area contributed by atoms with Crippen molar-refractivity contribution < 1.29 is 4.39 Å². The van der Waals surface area contributed by atoms with E-state index in [2.05, 4.69) is 15.5 Å². The van der Waals surface area contributed by atoms with E-state index in [9.17, 15) is 4.39 Å². The van der Waals surface area contributed by atoms with E-state index in [0.717, 1.165) is 0 Å². The van der Waals surface area contributed by atoms with Crippen molar-refractivity contribution in [1.82, 2.24) is 20.2 Å². The lowest BCUT2D eigenvalue weighted by Crippen LogP contribution is -2.01. The second-order valence-corrected chi connectivity index (χ2v) is 5.06. The Hall–Kier alpha value is -2.18. The molecule has 8 heteroatoms. The average molecular weight is 324 g/mol. The second kappa shape index (κ2) is 5.31. The maximum atomic E-state index is 13.6. The van der Waals surface area contributed by atoms with E-state index in [-0.39, 0.29) is 5.02 Å². The molecule has 0 atom stereocenters. The topological polar surface area (TPSA) is 69.6 Å². The van der Waals surface area contributed by atoms with E-state index >= 15 is 0 Å². The number of tetrazole rings is 1. The van der Waals surface area contributed by atoms with E-state index in [4.69, 9.17) is 28.9 Å². The normalized spacial score (nSPS) is 10.8. The third-order valence-corrected chi connectivity index (χ3v) is 3.52. The summed E-state index contributed by atoms with van der Waals surface area (Å²) < 4.78 is 15.0. The molecule has 0 spiro atoms. The zero-order valence-corrected chi connectivity index (χ0v) is 12.0. The van der Waals surface area contributed by atoms with Crippen LogP contribution in [-0.4, -0.2) is 20.2 Å². The smallest absolute Gasteiger partial charge is 0.187 e. The molecule has 3 rings (SSSR count). The second-order valence-electron chi connectivity index (χ2n) is 4.25. The van der Waals surface area contributed by atoms with Crippen LogP contribution >= 0.6 is 23.2 Å². The summed E-state index contributed by atoms with van der Waals surface area (Å²) in [4.78, 5) is 0. The number of anilines is 1. The van der Waals surface area contributed by atoms with E-state index in [1.807, 2.05) is 0 Å². The Kier molecular flexibility index (Phi) is 3.48. The van der Waals surface area contributed by atoms with Crippen LogP contribution < -0.4 is 5.73 Å². The quantitative estimate of drug-likeness (QED) is 0.734. The Balaban J connectivity index is 2.12. The predicted molar refractivity (Wildman–Crippen MR) is 79.0 cm³/mol. The summed E-state index contributed by atoms with van der Waals surface area (Å²) >= 11 is 11.6. The Morgan fingerprint density at radius 3 is 2.52 bits per heavy atom. The van der Waals surface area contributed by atoms with Crippen molar-refractivity contribution in [2.75, 3.05) is 5.73 Å². The van der Waals surface area contributed by atoms with Crippen molar-refractivity contribution in [3.63, 3.8) is 0 Å². The molecular weight excluding hydrogens is 316 g/mol. The maximum Gasteiger partial charge on any atom is 0.187 e. The average Bonchev–Trinajstić information content (AvgIpc) is 2.94. The molecule has 3 aromatic rings. The summed E-state index contributed by atoms with van der Waals surface area (Å²) in [7, 11) is 0. The SMILES string of the molecule is Nc1cc(-c2nnnn2-c2ccc(Cl)c(F)c2)ccc1Cl. The van der Waals surface area contributed by atoms with Crippen LogP contribution in [0.25, 0.3) is 17.1 Å². The third-order valence-electron chi connectivity index (χ3n) is 2.87. The number of halogens is 3. The zero-order valence-electron chi connectivity index (χ0n) is 10.5. The van der Waals surface area contributed by atoms with Gasteiger partial charge >= 0.3 is 0 Å². The van der Waals surface area contributed by atoms with E-state index in [0.29, 0.717) is 27.8 Å². The lowest BCUT2D eigenvalue weighted by Gasteiger charge is -2.06. The Morgan fingerprint density at radius 2 is 1.81 bits per heavy atom. The molecule has 106 valence electrons. The van der Waals surface area contributed by atoms with Crippen LogP contribution in [0.2, 0.25) is 10.0 Å². The van der Waals surface area contributed by atoms with Gasteiger partial charge in [-0.15, -0.1) is 5.10 Å².